The molecule has 252 valence electrons. The monoisotopic (exact) mass is 656 g/mol. The molecule has 0 saturated carbocycles. The summed E-state index contributed by atoms with van der Waals surface area (Å²) < 4.78 is 46.9. The van der Waals surface area contributed by atoms with Crippen LogP contribution in [0, 0.1) is 5.92 Å². The van der Waals surface area contributed by atoms with Gasteiger partial charge in [-0.2, -0.15) is 4.58 Å². The van der Waals surface area contributed by atoms with Crippen LogP contribution in [0.15, 0.2) is 114 Å². The van der Waals surface area contributed by atoms with E-state index in [2.05, 4.69) is 155 Å². The lowest BCUT2D eigenvalue weighted by molar-refractivity contribution is -0.401. The van der Waals surface area contributed by atoms with Crippen LogP contribution in [-0.4, -0.2) is 38.7 Å². The molecule has 0 spiro atoms. The van der Waals surface area contributed by atoms with Gasteiger partial charge in [-0.25, -0.2) is 0 Å². The van der Waals surface area contributed by atoms with E-state index in [0.29, 0.717) is 5.92 Å². The van der Waals surface area contributed by atoms with Gasteiger partial charge in [0.2, 0.25) is 5.69 Å². The van der Waals surface area contributed by atoms with Crippen molar-refractivity contribution in [2.45, 2.75) is 58.3 Å². The van der Waals surface area contributed by atoms with Gasteiger partial charge in [0, 0.05) is 41.6 Å². The Balaban J connectivity index is 0.000000840. The van der Waals surface area contributed by atoms with Gasteiger partial charge in [0.15, 0.2) is 5.71 Å². The minimum Gasteiger partial charge on any atom is -0.497 e. The molecule has 3 aromatic rings. The Morgan fingerprint density at radius 3 is 2.02 bits per heavy atom. The number of anilines is 1. The number of halogens is 4. The number of hydrogen-bond acceptors (Lipinski definition) is 2. The molecule has 0 radical (unpaired) electrons. The number of nitrogens with zero attached hydrogens (tertiary/aromatic N) is 2. The van der Waals surface area contributed by atoms with Crippen molar-refractivity contribution in [3.05, 3.63) is 131 Å². The first-order valence-electron chi connectivity index (χ1n) is 16.4. The Hall–Kier alpha value is -4.33. The van der Waals surface area contributed by atoms with Crippen molar-refractivity contribution in [3.8, 4) is 5.75 Å². The number of rotatable bonds is 5. The molecule has 0 fully saturated rings. The lowest BCUT2D eigenvalue weighted by Crippen LogP contribution is -2.26. The molecule has 0 aromatic heterocycles. The van der Waals surface area contributed by atoms with Crippen molar-refractivity contribution in [1.29, 1.82) is 0 Å². The van der Waals surface area contributed by atoms with Crippen LogP contribution < -0.4 is 9.64 Å². The van der Waals surface area contributed by atoms with Gasteiger partial charge < -0.3 is 26.9 Å². The molecule has 1 unspecified atom stereocenters. The molecule has 8 heteroatoms. The third-order valence-corrected chi connectivity index (χ3v) is 9.92. The molecule has 2 aliphatic heterocycles. The van der Waals surface area contributed by atoms with Gasteiger partial charge in [-0.15, -0.1) is 0 Å². The number of benzene rings is 3. The van der Waals surface area contributed by atoms with Crippen molar-refractivity contribution < 1.29 is 26.6 Å². The standard InChI is InChI=1S/C40H45N2O.BF4/c1-27-25-29(19-23-36-39(2,3)32-13-9-11-15-34(32)41(36)6)38(28-17-21-31(43-8)22-18-28)30(26-27)20-24-37-40(4,5)33-14-10-12-16-35(33)42(37)7;2-1(3,4)5/h9-24,27H,25-26H2,1-8H3;/q+1;-1. The fourth-order valence-corrected chi connectivity index (χ4v) is 7.63. The van der Waals surface area contributed by atoms with E-state index >= 15 is 0 Å². The Bertz CT molecular complexity index is 1840. The van der Waals surface area contributed by atoms with Crippen LogP contribution >= 0.6 is 0 Å². The average molecular weight is 657 g/mol. The third kappa shape index (κ3) is 6.94. The Morgan fingerprint density at radius 1 is 0.812 bits per heavy atom. The van der Waals surface area contributed by atoms with Crippen LogP contribution in [0.5, 0.6) is 5.75 Å². The minimum absolute atomic E-state index is 0.0559. The minimum atomic E-state index is -6.00. The van der Waals surface area contributed by atoms with E-state index in [1.165, 1.54) is 56.2 Å². The van der Waals surface area contributed by atoms with E-state index in [1.54, 1.807) is 7.11 Å². The van der Waals surface area contributed by atoms with E-state index in [0.717, 1.165) is 18.6 Å². The SMILES string of the molecule is COc1ccc(C2=C(/C=C/C3=[N+](C)c4ccccc4C3(C)C)CC(C)C/C2=C\C=C2\N(C)c3ccccc3C2(C)C)cc1.F[B-](F)(F)F. The van der Waals surface area contributed by atoms with Gasteiger partial charge in [0.1, 0.15) is 12.8 Å². The molecule has 1 aliphatic carbocycles. The van der Waals surface area contributed by atoms with Gasteiger partial charge in [-0.3, -0.25) is 0 Å². The van der Waals surface area contributed by atoms with Crippen LogP contribution in [0.1, 0.15) is 64.2 Å². The van der Waals surface area contributed by atoms with Gasteiger partial charge in [0.25, 0.3) is 0 Å². The molecular weight excluding hydrogens is 611 g/mol. The van der Waals surface area contributed by atoms with Crippen molar-refractivity contribution in [2.24, 2.45) is 5.92 Å². The summed E-state index contributed by atoms with van der Waals surface area (Å²) in [5.74, 6) is 1.43. The zero-order chi connectivity index (χ0) is 35.0. The van der Waals surface area contributed by atoms with Crippen LogP contribution in [0.4, 0.5) is 28.6 Å². The van der Waals surface area contributed by atoms with E-state index < -0.39 is 7.25 Å². The van der Waals surface area contributed by atoms with Gasteiger partial charge >= 0.3 is 7.25 Å². The number of allylic oxidation sites excluding steroid dienone is 8. The highest BCUT2D eigenvalue weighted by molar-refractivity contribution is 6.50. The van der Waals surface area contributed by atoms with E-state index in [4.69, 9.17) is 4.74 Å². The first-order valence-corrected chi connectivity index (χ1v) is 16.4. The zero-order valence-electron chi connectivity index (χ0n) is 29.1. The number of ether oxygens (including phenoxy) is 1. The van der Waals surface area contributed by atoms with Crippen LogP contribution in [0.3, 0.4) is 0 Å². The largest absolute Gasteiger partial charge is 0.673 e. The van der Waals surface area contributed by atoms with Crippen molar-refractivity contribution >= 4 is 29.9 Å². The molecule has 1 atom stereocenters. The van der Waals surface area contributed by atoms with Gasteiger partial charge in [0.05, 0.1) is 12.5 Å². The molecule has 0 bridgehead atoms. The van der Waals surface area contributed by atoms with E-state index in [-0.39, 0.29) is 10.8 Å². The van der Waals surface area contributed by atoms with Crippen molar-refractivity contribution in [2.75, 3.05) is 26.1 Å². The summed E-state index contributed by atoms with van der Waals surface area (Å²) in [6.45, 7) is 11.7. The number of para-hydroxylation sites is 2. The normalized spacial score (nSPS) is 21.5. The summed E-state index contributed by atoms with van der Waals surface area (Å²) in [5.41, 5.74) is 13.3. The fraction of sp³-hybridized carbons (Fsp3) is 0.325. The van der Waals surface area contributed by atoms with Gasteiger partial charge in [-0.1, -0.05) is 81.5 Å². The maximum atomic E-state index is 9.75. The van der Waals surface area contributed by atoms with E-state index in [1.807, 2.05) is 0 Å². The average Bonchev–Trinajstić information content (AvgIpc) is 3.35. The molecule has 3 nitrogen and oxygen atoms in total. The highest BCUT2D eigenvalue weighted by atomic mass is 19.5. The first-order chi connectivity index (χ1) is 22.5. The Kier molecular flexibility index (Phi) is 9.69. The third-order valence-electron chi connectivity index (χ3n) is 9.92. The molecule has 3 aromatic carbocycles. The lowest BCUT2D eigenvalue weighted by atomic mass is 9.77. The van der Waals surface area contributed by atoms with Crippen molar-refractivity contribution in [3.63, 3.8) is 0 Å². The van der Waals surface area contributed by atoms with Crippen LogP contribution in [0.25, 0.3) is 5.57 Å². The number of methoxy groups -OCH3 is 1. The maximum Gasteiger partial charge on any atom is 0.673 e. The second-order valence-corrected chi connectivity index (χ2v) is 14.0. The second-order valence-electron chi connectivity index (χ2n) is 14.0. The zero-order valence-corrected chi connectivity index (χ0v) is 29.1. The summed E-state index contributed by atoms with van der Waals surface area (Å²) in [6, 6.07) is 26.2. The summed E-state index contributed by atoms with van der Waals surface area (Å²) in [6.07, 6.45) is 11.6. The fourth-order valence-electron chi connectivity index (χ4n) is 7.63. The topological polar surface area (TPSA) is 15.5 Å². The molecule has 0 N–H and O–H groups in total. The second kappa shape index (κ2) is 13.3. The number of fused-ring (bicyclic) bond motifs is 2. The molecule has 0 amide bonds. The number of hydrogen-bond donors (Lipinski definition) is 0. The number of likely N-dealkylation sites (N-methyl/N-ethyl adjacent to an activating group) is 1. The Labute approximate surface area is 282 Å². The summed E-state index contributed by atoms with van der Waals surface area (Å²) in [5, 5.41) is 0. The molecule has 6 rings (SSSR count). The quantitative estimate of drug-likeness (QED) is 0.154. The molecule has 2 heterocycles. The molecule has 48 heavy (non-hydrogen) atoms. The molecular formula is C40H45BF4N2O. The Morgan fingerprint density at radius 2 is 1.42 bits per heavy atom. The summed E-state index contributed by atoms with van der Waals surface area (Å²) in [4.78, 5) is 2.36. The predicted octanol–water partition coefficient (Wildman–Crippen LogP) is 10.7. The van der Waals surface area contributed by atoms with Crippen molar-refractivity contribution in [1.82, 2.24) is 0 Å². The van der Waals surface area contributed by atoms with Crippen LogP contribution in [-0.2, 0) is 10.8 Å². The summed E-state index contributed by atoms with van der Waals surface area (Å²) >= 11 is 0. The molecule has 3 aliphatic rings. The highest BCUT2D eigenvalue weighted by Crippen LogP contribution is 2.47. The lowest BCUT2D eigenvalue weighted by Gasteiger charge is -2.28. The van der Waals surface area contributed by atoms with E-state index in [9.17, 15) is 17.3 Å². The van der Waals surface area contributed by atoms with Crippen LogP contribution in [0.2, 0.25) is 0 Å². The molecule has 0 saturated heterocycles. The first kappa shape index (κ1) is 35.0. The highest BCUT2D eigenvalue weighted by Gasteiger charge is 2.43. The smallest absolute Gasteiger partial charge is 0.497 e. The predicted molar refractivity (Wildman–Crippen MR) is 192 cm³/mol. The van der Waals surface area contributed by atoms with Gasteiger partial charge in [-0.05, 0) is 84.7 Å². The maximum absolute atomic E-state index is 9.75. The summed E-state index contributed by atoms with van der Waals surface area (Å²) in [7, 11) is 0.130.